The van der Waals surface area contributed by atoms with E-state index in [-0.39, 0.29) is 5.95 Å². The number of methoxy groups -OCH3 is 2. The fraction of sp³-hybridized carbons (Fsp3) is 0.375. The van der Waals surface area contributed by atoms with E-state index in [2.05, 4.69) is 16.9 Å². The van der Waals surface area contributed by atoms with Crippen LogP contribution in [0.4, 0.5) is 11.8 Å². The van der Waals surface area contributed by atoms with Crippen LogP contribution >= 0.6 is 0 Å². The van der Waals surface area contributed by atoms with Crippen LogP contribution in [0.1, 0.15) is 30.0 Å². The quantitative estimate of drug-likeness (QED) is 0.849. The minimum Gasteiger partial charge on any atom is -0.496 e. The number of hydrogen-bond acceptors (Lipinski definition) is 6. The summed E-state index contributed by atoms with van der Waals surface area (Å²) in [5, 5.41) is 0. The Morgan fingerprint density at radius 3 is 2.23 bits per heavy atom. The van der Waals surface area contributed by atoms with Gasteiger partial charge in [-0.3, -0.25) is 0 Å². The summed E-state index contributed by atoms with van der Waals surface area (Å²) in [6, 6.07) is 4.01. The Morgan fingerprint density at radius 2 is 1.73 bits per heavy atom. The van der Waals surface area contributed by atoms with Gasteiger partial charge in [-0.15, -0.1) is 0 Å². The third kappa shape index (κ3) is 3.39. The van der Waals surface area contributed by atoms with Gasteiger partial charge in [-0.2, -0.15) is 4.98 Å². The summed E-state index contributed by atoms with van der Waals surface area (Å²) in [5.74, 6) is 2.22. The highest BCUT2D eigenvalue weighted by Gasteiger charge is 2.13. The maximum Gasteiger partial charge on any atom is 0.221 e. The number of rotatable bonds is 6. The average molecular weight is 302 g/mol. The normalized spacial score (nSPS) is 10.5. The molecule has 2 rings (SSSR count). The van der Waals surface area contributed by atoms with Crippen LogP contribution in [-0.2, 0) is 12.8 Å². The van der Waals surface area contributed by atoms with Crippen molar-refractivity contribution < 1.29 is 9.47 Å². The zero-order valence-electron chi connectivity index (χ0n) is 13.2. The van der Waals surface area contributed by atoms with Crippen LogP contribution in [0.5, 0.6) is 11.5 Å². The number of aromatic nitrogens is 2. The lowest BCUT2D eigenvalue weighted by atomic mass is 10.0. The summed E-state index contributed by atoms with van der Waals surface area (Å²) in [4.78, 5) is 7.98. The predicted octanol–water partition coefficient (Wildman–Crippen LogP) is 2.20. The number of hydrogen-bond donors (Lipinski definition) is 2. The molecule has 0 atom stereocenters. The standard InChI is InChI=1S/C16H22N4O2/c1-4-5-12-13(21-2)7-10(8-14(12)22-3)6-11-9-19-16(18)20-15(11)17/h7-9H,4-6H2,1-3H3,(H4,17,18,19,20). The molecule has 0 fully saturated rings. The van der Waals surface area contributed by atoms with Gasteiger partial charge in [-0.25, -0.2) is 4.98 Å². The van der Waals surface area contributed by atoms with E-state index >= 15 is 0 Å². The molecule has 0 spiro atoms. The number of ether oxygens (including phenoxy) is 2. The van der Waals surface area contributed by atoms with Gasteiger partial charge >= 0.3 is 0 Å². The molecule has 22 heavy (non-hydrogen) atoms. The summed E-state index contributed by atoms with van der Waals surface area (Å²) in [6.07, 6.45) is 4.16. The zero-order chi connectivity index (χ0) is 16.1. The second-order valence-electron chi connectivity index (χ2n) is 5.04. The molecule has 1 aromatic carbocycles. The van der Waals surface area contributed by atoms with Gasteiger partial charge in [-0.1, -0.05) is 13.3 Å². The Bertz CT molecular complexity index is 634. The molecule has 4 N–H and O–H groups in total. The zero-order valence-corrected chi connectivity index (χ0v) is 13.2. The summed E-state index contributed by atoms with van der Waals surface area (Å²) >= 11 is 0. The molecule has 0 unspecified atom stereocenters. The SMILES string of the molecule is CCCc1c(OC)cc(Cc2cnc(N)nc2N)cc1OC. The van der Waals surface area contributed by atoms with Crippen LogP contribution in [0.3, 0.4) is 0 Å². The lowest BCUT2D eigenvalue weighted by molar-refractivity contribution is 0.384. The van der Waals surface area contributed by atoms with Crippen LogP contribution in [0.25, 0.3) is 0 Å². The van der Waals surface area contributed by atoms with Crippen LogP contribution < -0.4 is 20.9 Å². The van der Waals surface area contributed by atoms with Crippen molar-refractivity contribution in [3.8, 4) is 11.5 Å². The van der Waals surface area contributed by atoms with E-state index in [4.69, 9.17) is 20.9 Å². The Hall–Kier alpha value is -2.50. The van der Waals surface area contributed by atoms with Gasteiger partial charge < -0.3 is 20.9 Å². The van der Waals surface area contributed by atoms with Gasteiger partial charge in [0, 0.05) is 23.7 Å². The van der Waals surface area contributed by atoms with Crippen molar-refractivity contribution in [2.45, 2.75) is 26.2 Å². The van der Waals surface area contributed by atoms with Crippen molar-refractivity contribution in [1.29, 1.82) is 0 Å². The van der Waals surface area contributed by atoms with E-state index in [0.29, 0.717) is 12.2 Å². The molecule has 118 valence electrons. The monoisotopic (exact) mass is 302 g/mol. The fourth-order valence-corrected chi connectivity index (χ4v) is 2.43. The van der Waals surface area contributed by atoms with Gasteiger partial charge in [0.2, 0.25) is 5.95 Å². The van der Waals surface area contributed by atoms with Gasteiger partial charge in [-0.05, 0) is 24.1 Å². The molecule has 2 aromatic rings. The molecule has 1 aromatic heterocycles. The van der Waals surface area contributed by atoms with Crippen molar-refractivity contribution in [1.82, 2.24) is 9.97 Å². The van der Waals surface area contributed by atoms with E-state index in [1.807, 2.05) is 12.1 Å². The lowest BCUT2D eigenvalue weighted by Crippen LogP contribution is -2.05. The molecule has 0 saturated carbocycles. The third-order valence-electron chi connectivity index (χ3n) is 3.48. The molecule has 0 aliphatic carbocycles. The number of benzene rings is 1. The Labute approximate surface area is 130 Å². The van der Waals surface area contributed by atoms with Gasteiger partial charge in [0.25, 0.3) is 0 Å². The van der Waals surface area contributed by atoms with Crippen molar-refractivity contribution in [2.75, 3.05) is 25.7 Å². The molecule has 0 aliphatic rings. The first-order chi connectivity index (χ1) is 10.6. The van der Waals surface area contributed by atoms with E-state index < -0.39 is 0 Å². The number of nitrogen functional groups attached to an aromatic ring is 2. The van der Waals surface area contributed by atoms with Crippen LogP contribution in [-0.4, -0.2) is 24.2 Å². The second kappa shape index (κ2) is 6.98. The number of anilines is 2. The van der Waals surface area contributed by atoms with Gasteiger partial charge in [0.15, 0.2) is 0 Å². The summed E-state index contributed by atoms with van der Waals surface area (Å²) in [5.41, 5.74) is 14.3. The Kier molecular flexibility index (Phi) is 5.04. The fourth-order valence-electron chi connectivity index (χ4n) is 2.43. The van der Waals surface area contributed by atoms with Crippen molar-refractivity contribution in [3.05, 3.63) is 35.0 Å². The largest absolute Gasteiger partial charge is 0.496 e. The molecule has 0 saturated heterocycles. The van der Waals surface area contributed by atoms with E-state index in [9.17, 15) is 0 Å². The second-order valence-corrected chi connectivity index (χ2v) is 5.04. The summed E-state index contributed by atoms with van der Waals surface area (Å²) < 4.78 is 11.0. The first-order valence-electron chi connectivity index (χ1n) is 7.19. The highest BCUT2D eigenvalue weighted by molar-refractivity contribution is 5.51. The predicted molar refractivity (Wildman–Crippen MR) is 87.2 cm³/mol. The molecule has 0 bridgehead atoms. The van der Waals surface area contributed by atoms with Crippen LogP contribution in [0, 0.1) is 0 Å². The van der Waals surface area contributed by atoms with Crippen molar-refractivity contribution >= 4 is 11.8 Å². The molecule has 0 amide bonds. The summed E-state index contributed by atoms with van der Waals surface area (Å²) in [6.45, 7) is 2.12. The molecular weight excluding hydrogens is 280 g/mol. The van der Waals surface area contributed by atoms with E-state index in [0.717, 1.165) is 41.0 Å². The minimum absolute atomic E-state index is 0.176. The van der Waals surface area contributed by atoms with Gasteiger partial charge in [0.05, 0.1) is 14.2 Å². The summed E-state index contributed by atoms with van der Waals surface area (Å²) in [7, 11) is 3.33. The highest BCUT2D eigenvalue weighted by Crippen LogP contribution is 2.32. The Morgan fingerprint density at radius 1 is 1.09 bits per heavy atom. The lowest BCUT2D eigenvalue weighted by Gasteiger charge is -2.15. The minimum atomic E-state index is 0.176. The average Bonchev–Trinajstić information content (AvgIpc) is 2.51. The van der Waals surface area contributed by atoms with Crippen molar-refractivity contribution in [2.24, 2.45) is 0 Å². The van der Waals surface area contributed by atoms with E-state index in [1.165, 1.54) is 0 Å². The molecule has 6 heteroatoms. The number of nitrogens with two attached hydrogens (primary N) is 2. The third-order valence-corrected chi connectivity index (χ3v) is 3.48. The molecule has 6 nitrogen and oxygen atoms in total. The maximum atomic E-state index is 5.89. The molecule has 0 radical (unpaired) electrons. The topological polar surface area (TPSA) is 96.3 Å². The molecule has 0 aliphatic heterocycles. The van der Waals surface area contributed by atoms with Gasteiger partial charge in [0.1, 0.15) is 17.3 Å². The first kappa shape index (κ1) is 15.9. The Balaban J connectivity index is 2.39. The van der Waals surface area contributed by atoms with Crippen LogP contribution in [0.2, 0.25) is 0 Å². The van der Waals surface area contributed by atoms with E-state index in [1.54, 1.807) is 20.4 Å². The van der Waals surface area contributed by atoms with Crippen LogP contribution in [0.15, 0.2) is 18.3 Å². The molecule has 1 heterocycles. The smallest absolute Gasteiger partial charge is 0.221 e. The highest BCUT2D eigenvalue weighted by atomic mass is 16.5. The molecular formula is C16H22N4O2. The van der Waals surface area contributed by atoms with Crippen molar-refractivity contribution in [3.63, 3.8) is 0 Å². The maximum absolute atomic E-state index is 5.89. The number of nitrogens with zero attached hydrogens (tertiary/aromatic N) is 2. The first-order valence-corrected chi connectivity index (χ1v) is 7.19.